The zero-order chi connectivity index (χ0) is 10.8. The number of anilines is 1. The van der Waals surface area contributed by atoms with Crippen LogP contribution in [0, 0.1) is 13.8 Å². The van der Waals surface area contributed by atoms with Crippen molar-refractivity contribution in [2.24, 2.45) is 0 Å². The van der Waals surface area contributed by atoms with E-state index in [9.17, 15) is 0 Å². The van der Waals surface area contributed by atoms with Crippen LogP contribution in [0.3, 0.4) is 0 Å². The van der Waals surface area contributed by atoms with Crippen LogP contribution < -0.4 is 5.73 Å². The van der Waals surface area contributed by atoms with E-state index in [1.54, 1.807) is 0 Å². The molecule has 0 saturated carbocycles. The molecule has 2 aromatic rings. The maximum atomic E-state index is 5.52. The van der Waals surface area contributed by atoms with Crippen LogP contribution in [0.1, 0.15) is 17.0 Å². The molecule has 0 aliphatic heterocycles. The predicted molar refractivity (Wildman–Crippen MR) is 59.5 cm³/mol. The molecule has 78 valence electrons. The number of hydrogen-bond donors (Lipinski definition) is 1. The van der Waals surface area contributed by atoms with Gasteiger partial charge in [0.1, 0.15) is 5.82 Å². The smallest absolute Gasteiger partial charge is 0.239 e. The lowest BCUT2D eigenvalue weighted by atomic mass is 10.1. The number of nitrogens with zero attached hydrogens (tertiary/aromatic N) is 3. The lowest BCUT2D eigenvalue weighted by Gasteiger charge is -2.03. The molecule has 2 N–H and O–H groups in total. The Bertz CT molecular complexity index is 473. The molecule has 2 rings (SSSR count). The third kappa shape index (κ3) is 2.15. The van der Waals surface area contributed by atoms with Gasteiger partial charge in [0.15, 0.2) is 0 Å². The van der Waals surface area contributed by atoms with Crippen molar-refractivity contribution in [3.8, 4) is 0 Å². The quantitative estimate of drug-likeness (QED) is 0.803. The minimum absolute atomic E-state index is 0.333. The van der Waals surface area contributed by atoms with Crippen molar-refractivity contribution in [3.05, 3.63) is 41.2 Å². The number of rotatable bonds is 2. The summed E-state index contributed by atoms with van der Waals surface area (Å²) >= 11 is 0. The number of aryl methyl sites for hydroxylation is 2. The van der Waals surface area contributed by atoms with Gasteiger partial charge in [-0.05, 0) is 19.4 Å². The fraction of sp³-hybridized carbons (Fsp3) is 0.273. The van der Waals surface area contributed by atoms with E-state index in [4.69, 9.17) is 5.73 Å². The van der Waals surface area contributed by atoms with Crippen LogP contribution in [0.2, 0.25) is 0 Å². The molecular weight excluding hydrogens is 188 g/mol. The van der Waals surface area contributed by atoms with Gasteiger partial charge >= 0.3 is 0 Å². The van der Waals surface area contributed by atoms with E-state index in [1.165, 1.54) is 11.1 Å². The molecule has 0 amide bonds. The summed E-state index contributed by atoms with van der Waals surface area (Å²) in [4.78, 5) is 4.06. The van der Waals surface area contributed by atoms with Gasteiger partial charge in [-0.15, -0.1) is 5.10 Å². The third-order valence-corrected chi connectivity index (χ3v) is 2.29. The molecule has 0 atom stereocenters. The summed E-state index contributed by atoms with van der Waals surface area (Å²) in [6.07, 6.45) is 0. The van der Waals surface area contributed by atoms with Gasteiger partial charge < -0.3 is 5.73 Å². The van der Waals surface area contributed by atoms with Crippen LogP contribution in [0.5, 0.6) is 0 Å². The van der Waals surface area contributed by atoms with E-state index < -0.39 is 0 Å². The summed E-state index contributed by atoms with van der Waals surface area (Å²) in [6.45, 7) is 4.70. The minimum atomic E-state index is 0.333. The second kappa shape index (κ2) is 3.73. The van der Waals surface area contributed by atoms with E-state index in [2.05, 4.69) is 35.2 Å². The van der Waals surface area contributed by atoms with Crippen molar-refractivity contribution in [1.82, 2.24) is 14.8 Å². The molecule has 0 aliphatic rings. The average molecular weight is 202 g/mol. The maximum absolute atomic E-state index is 5.52. The fourth-order valence-electron chi connectivity index (χ4n) is 1.58. The van der Waals surface area contributed by atoms with Gasteiger partial charge in [0.05, 0.1) is 6.54 Å². The molecule has 4 heteroatoms. The van der Waals surface area contributed by atoms with Gasteiger partial charge in [-0.3, -0.25) is 0 Å². The van der Waals surface area contributed by atoms with E-state index in [-0.39, 0.29) is 0 Å². The normalized spacial score (nSPS) is 10.5. The van der Waals surface area contributed by atoms with Gasteiger partial charge in [-0.2, -0.15) is 4.98 Å². The molecule has 4 nitrogen and oxygen atoms in total. The zero-order valence-electron chi connectivity index (χ0n) is 8.94. The van der Waals surface area contributed by atoms with Crippen LogP contribution in [0.4, 0.5) is 5.95 Å². The Labute approximate surface area is 88.8 Å². The lowest BCUT2D eigenvalue weighted by molar-refractivity contribution is 0.662. The third-order valence-electron chi connectivity index (χ3n) is 2.29. The second-order valence-electron chi connectivity index (χ2n) is 3.66. The number of nitrogen functional groups attached to an aromatic ring is 1. The van der Waals surface area contributed by atoms with Gasteiger partial charge in [0.2, 0.25) is 5.95 Å². The van der Waals surface area contributed by atoms with E-state index in [1.807, 2.05) is 17.7 Å². The zero-order valence-corrected chi connectivity index (χ0v) is 8.94. The van der Waals surface area contributed by atoms with E-state index >= 15 is 0 Å². The summed E-state index contributed by atoms with van der Waals surface area (Å²) < 4.78 is 1.81. The largest absolute Gasteiger partial charge is 0.366 e. The Balaban J connectivity index is 2.25. The standard InChI is InChI=1S/C11H14N4/c1-8-4-3-5-10(6-8)7-15-9(2)13-11(12)14-15/h3-6H,7H2,1-2H3,(H2,12,14). The lowest BCUT2D eigenvalue weighted by Crippen LogP contribution is -2.04. The Morgan fingerprint density at radius 2 is 2.13 bits per heavy atom. The highest BCUT2D eigenvalue weighted by atomic mass is 15.4. The first kappa shape index (κ1) is 9.71. The molecule has 0 saturated heterocycles. The number of aromatic nitrogens is 3. The Morgan fingerprint density at radius 3 is 2.73 bits per heavy atom. The van der Waals surface area contributed by atoms with E-state index in [0.717, 1.165) is 12.4 Å². The highest BCUT2D eigenvalue weighted by Crippen LogP contribution is 2.07. The maximum Gasteiger partial charge on any atom is 0.239 e. The summed E-state index contributed by atoms with van der Waals surface area (Å²) in [5, 5.41) is 4.12. The Hall–Kier alpha value is -1.84. The van der Waals surface area contributed by atoms with Crippen molar-refractivity contribution in [1.29, 1.82) is 0 Å². The van der Waals surface area contributed by atoms with Crippen molar-refractivity contribution in [2.75, 3.05) is 5.73 Å². The van der Waals surface area contributed by atoms with Gasteiger partial charge in [0, 0.05) is 0 Å². The topological polar surface area (TPSA) is 56.7 Å². The molecule has 15 heavy (non-hydrogen) atoms. The van der Waals surface area contributed by atoms with E-state index in [0.29, 0.717) is 5.95 Å². The molecule has 0 unspecified atom stereocenters. The fourth-order valence-corrected chi connectivity index (χ4v) is 1.58. The summed E-state index contributed by atoms with van der Waals surface area (Å²) in [5.41, 5.74) is 7.98. The average Bonchev–Trinajstić information content (AvgIpc) is 2.45. The monoisotopic (exact) mass is 202 g/mol. The molecule has 0 fully saturated rings. The van der Waals surface area contributed by atoms with Gasteiger partial charge in [0.25, 0.3) is 0 Å². The Morgan fingerprint density at radius 1 is 1.33 bits per heavy atom. The number of benzene rings is 1. The molecule has 0 bridgehead atoms. The van der Waals surface area contributed by atoms with Crippen LogP contribution in [-0.2, 0) is 6.54 Å². The highest BCUT2D eigenvalue weighted by molar-refractivity contribution is 5.23. The van der Waals surface area contributed by atoms with Crippen LogP contribution in [0.15, 0.2) is 24.3 Å². The molecule has 0 radical (unpaired) electrons. The number of hydrogen-bond acceptors (Lipinski definition) is 3. The molecule has 0 aliphatic carbocycles. The highest BCUT2D eigenvalue weighted by Gasteiger charge is 2.03. The molecule has 1 aromatic carbocycles. The predicted octanol–water partition coefficient (Wildman–Crippen LogP) is 1.53. The van der Waals surface area contributed by atoms with Crippen molar-refractivity contribution in [3.63, 3.8) is 0 Å². The molecule has 1 aromatic heterocycles. The SMILES string of the molecule is Cc1cccc(Cn2nc(N)nc2C)c1. The van der Waals surface area contributed by atoms with Gasteiger partial charge in [-0.25, -0.2) is 4.68 Å². The summed E-state index contributed by atoms with van der Waals surface area (Å²) in [6, 6.07) is 8.33. The first-order valence-corrected chi connectivity index (χ1v) is 4.87. The van der Waals surface area contributed by atoms with Crippen molar-refractivity contribution in [2.45, 2.75) is 20.4 Å². The molecule has 0 spiro atoms. The van der Waals surface area contributed by atoms with Crippen molar-refractivity contribution >= 4 is 5.95 Å². The summed E-state index contributed by atoms with van der Waals surface area (Å²) in [7, 11) is 0. The van der Waals surface area contributed by atoms with Crippen molar-refractivity contribution < 1.29 is 0 Å². The van der Waals surface area contributed by atoms with Crippen LogP contribution >= 0.6 is 0 Å². The second-order valence-corrected chi connectivity index (χ2v) is 3.66. The van der Waals surface area contributed by atoms with Crippen LogP contribution in [-0.4, -0.2) is 14.8 Å². The molecule has 1 heterocycles. The first-order valence-electron chi connectivity index (χ1n) is 4.87. The first-order chi connectivity index (χ1) is 7.15. The van der Waals surface area contributed by atoms with Crippen LogP contribution in [0.25, 0.3) is 0 Å². The van der Waals surface area contributed by atoms with Gasteiger partial charge in [-0.1, -0.05) is 29.8 Å². The minimum Gasteiger partial charge on any atom is -0.366 e. The summed E-state index contributed by atoms with van der Waals surface area (Å²) in [5.74, 6) is 1.18. The molecular formula is C11H14N4. The number of nitrogens with two attached hydrogens (primary N) is 1. The Kier molecular flexibility index (Phi) is 2.41.